The molecule has 1 atom stereocenters. The Kier molecular flexibility index (Phi) is 2.69. The molecule has 0 radical (unpaired) electrons. The zero-order valence-electron chi connectivity index (χ0n) is 8.13. The van der Waals surface area contributed by atoms with Gasteiger partial charge in [0.05, 0.1) is 12.6 Å². The second-order valence-electron chi connectivity index (χ2n) is 3.28. The lowest BCUT2D eigenvalue weighted by Gasteiger charge is -2.14. The first kappa shape index (κ1) is 9.73. The number of nitrogens with zero attached hydrogens (tertiary/aromatic N) is 1. The number of rotatable bonds is 3. The SMILES string of the molecule is O=c1[nH]ccn1[C@H](CO)c1ccccc1. The predicted molar refractivity (Wildman–Crippen MR) is 56.7 cm³/mol. The number of aliphatic hydroxyl groups is 1. The lowest BCUT2D eigenvalue weighted by Crippen LogP contribution is -2.24. The lowest BCUT2D eigenvalue weighted by atomic mass is 10.1. The lowest BCUT2D eigenvalue weighted by molar-refractivity contribution is 0.247. The fourth-order valence-electron chi connectivity index (χ4n) is 1.61. The van der Waals surface area contributed by atoms with Crippen LogP contribution in [-0.2, 0) is 0 Å². The summed E-state index contributed by atoms with van der Waals surface area (Å²) in [4.78, 5) is 13.9. The molecule has 2 aromatic rings. The molecular weight excluding hydrogens is 192 g/mol. The number of hydrogen-bond donors (Lipinski definition) is 2. The van der Waals surface area contributed by atoms with Gasteiger partial charge in [-0.25, -0.2) is 4.79 Å². The van der Waals surface area contributed by atoms with E-state index in [2.05, 4.69) is 4.98 Å². The fourth-order valence-corrected chi connectivity index (χ4v) is 1.61. The molecule has 4 heteroatoms. The summed E-state index contributed by atoms with van der Waals surface area (Å²) in [5.74, 6) is 0. The highest BCUT2D eigenvalue weighted by Crippen LogP contribution is 2.14. The number of hydrogen-bond acceptors (Lipinski definition) is 2. The van der Waals surface area contributed by atoms with Gasteiger partial charge in [-0.3, -0.25) is 4.57 Å². The number of nitrogens with one attached hydrogen (secondary N) is 1. The highest BCUT2D eigenvalue weighted by atomic mass is 16.3. The molecule has 0 unspecified atom stereocenters. The molecule has 4 nitrogen and oxygen atoms in total. The molecule has 1 aromatic heterocycles. The average molecular weight is 204 g/mol. The van der Waals surface area contributed by atoms with Crippen molar-refractivity contribution in [1.29, 1.82) is 0 Å². The van der Waals surface area contributed by atoms with Crippen molar-refractivity contribution in [3.8, 4) is 0 Å². The van der Waals surface area contributed by atoms with E-state index in [0.29, 0.717) is 0 Å². The van der Waals surface area contributed by atoms with Gasteiger partial charge in [0.2, 0.25) is 0 Å². The Bertz CT molecular complexity index is 473. The van der Waals surface area contributed by atoms with Crippen LogP contribution in [0.25, 0.3) is 0 Å². The number of benzene rings is 1. The number of aliphatic hydroxyl groups excluding tert-OH is 1. The van der Waals surface area contributed by atoms with Crippen molar-refractivity contribution in [2.75, 3.05) is 6.61 Å². The molecule has 0 saturated heterocycles. The third-order valence-electron chi connectivity index (χ3n) is 2.37. The van der Waals surface area contributed by atoms with Crippen LogP contribution in [0.1, 0.15) is 11.6 Å². The summed E-state index contributed by atoms with van der Waals surface area (Å²) in [6.07, 6.45) is 3.20. The van der Waals surface area contributed by atoms with Gasteiger partial charge in [-0.1, -0.05) is 30.3 Å². The van der Waals surface area contributed by atoms with Crippen LogP contribution in [0.15, 0.2) is 47.5 Å². The maximum atomic E-state index is 11.4. The molecule has 0 aliphatic heterocycles. The standard InChI is InChI=1S/C11H12N2O2/c14-8-10(9-4-2-1-3-5-9)13-7-6-12-11(13)15/h1-7,10,14H,8H2,(H,12,15)/t10-/m1/s1. The molecule has 2 N–H and O–H groups in total. The van der Waals surface area contributed by atoms with Gasteiger partial charge in [-0.05, 0) is 5.56 Å². The van der Waals surface area contributed by atoms with Gasteiger partial charge in [-0.15, -0.1) is 0 Å². The van der Waals surface area contributed by atoms with Crippen molar-refractivity contribution < 1.29 is 5.11 Å². The Hall–Kier alpha value is -1.81. The van der Waals surface area contributed by atoms with E-state index in [1.807, 2.05) is 30.3 Å². The van der Waals surface area contributed by atoms with Crippen LogP contribution in [0.4, 0.5) is 0 Å². The van der Waals surface area contributed by atoms with Crippen molar-refractivity contribution in [3.63, 3.8) is 0 Å². The molecule has 0 aliphatic carbocycles. The van der Waals surface area contributed by atoms with E-state index in [0.717, 1.165) is 5.56 Å². The summed E-state index contributed by atoms with van der Waals surface area (Å²) in [6.45, 7) is -0.0955. The van der Waals surface area contributed by atoms with Crippen molar-refractivity contribution in [1.82, 2.24) is 9.55 Å². The van der Waals surface area contributed by atoms with Gasteiger partial charge < -0.3 is 10.1 Å². The molecule has 78 valence electrons. The highest BCUT2D eigenvalue weighted by Gasteiger charge is 2.13. The summed E-state index contributed by atoms with van der Waals surface area (Å²) in [5, 5.41) is 9.30. The Labute approximate surface area is 86.8 Å². The van der Waals surface area contributed by atoms with E-state index in [-0.39, 0.29) is 18.3 Å². The van der Waals surface area contributed by atoms with Gasteiger partial charge in [0.1, 0.15) is 0 Å². The molecule has 15 heavy (non-hydrogen) atoms. The largest absolute Gasteiger partial charge is 0.394 e. The van der Waals surface area contributed by atoms with Crippen LogP contribution in [0.3, 0.4) is 0 Å². The number of aromatic nitrogens is 2. The van der Waals surface area contributed by atoms with Crippen LogP contribution < -0.4 is 5.69 Å². The summed E-state index contributed by atoms with van der Waals surface area (Å²) >= 11 is 0. The number of H-pyrrole nitrogens is 1. The first-order valence-corrected chi connectivity index (χ1v) is 4.74. The van der Waals surface area contributed by atoms with Crippen LogP contribution in [0, 0.1) is 0 Å². The van der Waals surface area contributed by atoms with Crippen molar-refractivity contribution in [2.24, 2.45) is 0 Å². The summed E-state index contributed by atoms with van der Waals surface area (Å²) in [5.41, 5.74) is 0.708. The molecule has 2 rings (SSSR count). The highest BCUT2D eigenvalue weighted by molar-refractivity contribution is 5.19. The van der Waals surface area contributed by atoms with E-state index in [1.54, 1.807) is 12.4 Å². The zero-order valence-corrected chi connectivity index (χ0v) is 8.13. The van der Waals surface area contributed by atoms with Gasteiger partial charge in [0.25, 0.3) is 0 Å². The maximum absolute atomic E-state index is 11.4. The molecule has 0 aliphatic rings. The van der Waals surface area contributed by atoms with Crippen molar-refractivity contribution in [2.45, 2.75) is 6.04 Å². The van der Waals surface area contributed by atoms with Crippen LogP contribution in [-0.4, -0.2) is 21.3 Å². The minimum absolute atomic E-state index is 0.0955. The summed E-state index contributed by atoms with van der Waals surface area (Å²) < 4.78 is 1.48. The first-order valence-electron chi connectivity index (χ1n) is 4.74. The minimum atomic E-state index is -0.315. The Balaban J connectivity index is 2.42. The predicted octanol–water partition coefficient (Wildman–Crippen LogP) is 0.758. The van der Waals surface area contributed by atoms with Crippen molar-refractivity contribution in [3.05, 3.63) is 58.8 Å². The van der Waals surface area contributed by atoms with E-state index in [1.165, 1.54) is 4.57 Å². The molecule has 1 heterocycles. The van der Waals surface area contributed by atoms with Crippen LogP contribution in [0.2, 0.25) is 0 Å². The van der Waals surface area contributed by atoms with Crippen molar-refractivity contribution >= 4 is 0 Å². The number of imidazole rings is 1. The topological polar surface area (TPSA) is 58.0 Å². The summed E-state index contributed by atoms with van der Waals surface area (Å²) in [6, 6.07) is 9.13. The smallest absolute Gasteiger partial charge is 0.326 e. The van der Waals surface area contributed by atoms with Crippen LogP contribution in [0.5, 0.6) is 0 Å². The fraction of sp³-hybridized carbons (Fsp3) is 0.182. The monoisotopic (exact) mass is 204 g/mol. The third kappa shape index (κ3) is 1.85. The molecule has 0 spiro atoms. The minimum Gasteiger partial charge on any atom is -0.394 e. The molecule has 0 amide bonds. The third-order valence-corrected chi connectivity index (χ3v) is 2.37. The first-order chi connectivity index (χ1) is 7.33. The second kappa shape index (κ2) is 4.14. The zero-order chi connectivity index (χ0) is 10.7. The average Bonchev–Trinajstić information content (AvgIpc) is 2.68. The Morgan fingerprint density at radius 2 is 2.07 bits per heavy atom. The molecule has 0 fully saturated rings. The second-order valence-corrected chi connectivity index (χ2v) is 3.28. The van der Waals surface area contributed by atoms with E-state index >= 15 is 0 Å². The molecule has 0 bridgehead atoms. The van der Waals surface area contributed by atoms with Gasteiger partial charge in [0, 0.05) is 12.4 Å². The summed E-state index contributed by atoms with van der Waals surface area (Å²) in [7, 11) is 0. The Morgan fingerprint density at radius 3 is 2.60 bits per heavy atom. The quantitative estimate of drug-likeness (QED) is 0.775. The maximum Gasteiger partial charge on any atom is 0.326 e. The van der Waals surface area contributed by atoms with E-state index in [9.17, 15) is 9.90 Å². The molecular formula is C11H12N2O2. The molecule has 0 saturated carbocycles. The van der Waals surface area contributed by atoms with Gasteiger partial charge >= 0.3 is 5.69 Å². The van der Waals surface area contributed by atoms with E-state index < -0.39 is 0 Å². The van der Waals surface area contributed by atoms with Crippen LogP contribution >= 0.6 is 0 Å². The van der Waals surface area contributed by atoms with E-state index in [4.69, 9.17) is 0 Å². The Morgan fingerprint density at radius 1 is 1.33 bits per heavy atom. The normalized spacial score (nSPS) is 12.6. The number of aromatic amines is 1. The molecule has 1 aromatic carbocycles. The van der Waals surface area contributed by atoms with Gasteiger partial charge in [-0.2, -0.15) is 0 Å². The van der Waals surface area contributed by atoms with Gasteiger partial charge in [0.15, 0.2) is 0 Å².